The van der Waals surface area contributed by atoms with Gasteiger partial charge in [0, 0.05) is 35.9 Å². The minimum absolute atomic E-state index is 0.398. The Labute approximate surface area is 117 Å². The second kappa shape index (κ2) is 4.94. The van der Waals surface area contributed by atoms with Crippen molar-refractivity contribution in [2.24, 2.45) is 0 Å². The Morgan fingerprint density at radius 2 is 1.95 bits per heavy atom. The summed E-state index contributed by atoms with van der Waals surface area (Å²) in [7, 11) is 0. The summed E-state index contributed by atoms with van der Waals surface area (Å²) in [6.07, 6.45) is 0. The molecule has 100 valence electrons. The number of benzene rings is 1. The molecule has 2 atom stereocenters. The molecule has 4 nitrogen and oxygen atoms in total. The number of fused-ring (bicyclic) bond motifs is 1. The molecule has 2 heterocycles. The number of rotatable bonds is 1. The lowest BCUT2D eigenvalue weighted by atomic mass is 10.1. The fourth-order valence-corrected chi connectivity index (χ4v) is 2.79. The van der Waals surface area contributed by atoms with Gasteiger partial charge in [-0.3, -0.25) is 0 Å². The lowest BCUT2D eigenvalue weighted by molar-refractivity contribution is 0.422. The van der Waals surface area contributed by atoms with Gasteiger partial charge >= 0.3 is 0 Å². The van der Waals surface area contributed by atoms with Crippen molar-refractivity contribution in [2.45, 2.75) is 25.9 Å². The van der Waals surface area contributed by atoms with Gasteiger partial charge in [-0.25, -0.2) is 0 Å². The second-order valence-corrected chi connectivity index (χ2v) is 5.53. The fourth-order valence-electron chi connectivity index (χ4n) is 2.59. The number of nitrogens with one attached hydrogen (secondary N) is 1. The number of hydrogen-bond acceptors (Lipinski definition) is 4. The van der Waals surface area contributed by atoms with Gasteiger partial charge in [0.1, 0.15) is 0 Å². The average molecular weight is 277 g/mol. The molecule has 0 radical (unpaired) electrons. The molecule has 1 aromatic heterocycles. The summed E-state index contributed by atoms with van der Waals surface area (Å²) < 4.78 is 0. The Bertz CT molecular complexity index is 601. The van der Waals surface area contributed by atoms with Gasteiger partial charge in [0.05, 0.1) is 0 Å². The predicted molar refractivity (Wildman–Crippen MR) is 78.8 cm³/mol. The van der Waals surface area contributed by atoms with E-state index in [1.54, 1.807) is 0 Å². The standard InChI is InChI=1S/C14H17ClN4/c1-9-8-19(10(2)7-16-9)14-12-6-4-3-5-11(12)13(15)17-18-14/h3-6,9-10,16H,7-8H2,1-2H3/t9-,10+/m0/s1. The summed E-state index contributed by atoms with van der Waals surface area (Å²) in [5, 5.41) is 14.4. The molecule has 1 aliphatic heterocycles. The summed E-state index contributed by atoms with van der Waals surface area (Å²) in [5.74, 6) is 0.931. The van der Waals surface area contributed by atoms with Crippen LogP contribution in [0.4, 0.5) is 5.82 Å². The Morgan fingerprint density at radius 1 is 1.21 bits per heavy atom. The lowest BCUT2D eigenvalue weighted by Gasteiger charge is -2.38. The van der Waals surface area contributed by atoms with Gasteiger partial charge in [-0.1, -0.05) is 35.9 Å². The molecule has 5 heteroatoms. The number of halogens is 1. The molecule has 3 rings (SSSR count). The third-order valence-corrected chi connectivity index (χ3v) is 3.94. The van der Waals surface area contributed by atoms with E-state index in [0.717, 1.165) is 29.7 Å². The lowest BCUT2D eigenvalue weighted by Crippen LogP contribution is -2.54. The molecule has 1 N–H and O–H groups in total. The molecule has 2 aromatic rings. The molecular weight excluding hydrogens is 260 g/mol. The third kappa shape index (κ3) is 2.26. The molecule has 0 aliphatic carbocycles. The molecular formula is C14H17ClN4. The molecule has 0 amide bonds. The van der Waals surface area contributed by atoms with Crippen LogP contribution in [-0.2, 0) is 0 Å². The van der Waals surface area contributed by atoms with Gasteiger partial charge in [-0.15, -0.1) is 10.2 Å². The Morgan fingerprint density at radius 3 is 2.74 bits per heavy atom. The third-order valence-electron chi connectivity index (χ3n) is 3.66. The number of aromatic nitrogens is 2. The van der Waals surface area contributed by atoms with Crippen LogP contribution in [0.1, 0.15) is 13.8 Å². The van der Waals surface area contributed by atoms with Crippen molar-refractivity contribution in [1.82, 2.24) is 15.5 Å². The maximum absolute atomic E-state index is 6.13. The highest BCUT2D eigenvalue weighted by Crippen LogP contribution is 2.29. The second-order valence-electron chi connectivity index (χ2n) is 5.17. The zero-order chi connectivity index (χ0) is 13.4. The summed E-state index contributed by atoms with van der Waals surface area (Å²) in [6, 6.07) is 8.89. The SMILES string of the molecule is C[C@@H]1CN[C@@H](C)CN1c1nnc(Cl)c2ccccc12. The summed E-state index contributed by atoms with van der Waals surface area (Å²) >= 11 is 6.13. The van der Waals surface area contributed by atoms with E-state index in [2.05, 4.69) is 40.3 Å². The van der Waals surface area contributed by atoms with E-state index < -0.39 is 0 Å². The van der Waals surface area contributed by atoms with Crippen LogP contribution in [0, 0.1) is 0 Å². The van der Waals surface area contributed by atoms with Crippen molar-refractivity contribution < 1.29 is 0 Å². The summed E-state index contributed by atoms with van der Waals surface area (Å²) in [5.41, 5.74) is 0. The highest BCUT2D eigenvalue weighted by Gasteiger charge is 2.25. The van der Waals surface area contributed by atoms with Crippen molar-refractivity contribution in [2.75, 3.05) is 18.0 Å². The predicted octanol–water partition coefficient (Wildman–Crippen LogP) is 2.47. The number of hydrogen-bond donors (Lipinski definition) is 1. The van der Waals surface area contributed by atoms with Crippen LogP contribution in [0.15, 0.2) is 24.3 Å². The van der Waals surface area contributed by atoms with Gasteiger partial charge in [-0.05, 0) is 13.8 Å². The first kappa shape index (κ1) is 12.6. The van der Waals surface area contributed by atoms with Crippen LogP contribution in [0.25, 0.3) is 10.8 Å². The molecule has 1 saturated heterocycles. The van der Waals surface area contributed by atoms with Crippen LogP contribution >= 0.6 is 11.6 Å². The number of nitrogens with zero attached hydrogens (tertiary/aromatic N) is 3. The van der Waals surface area contributed by atoms with E-state index in [9.17, 15) is 0 Å². The largest absolute Gasteiger partial charge is 0.349 e. The van der Waals surface area contributed by atoms with E-state index in [1.165, 1.54) is 0 Å². The van der Waals surface area contributed by atoms with E-state index in [4.69, 9.17) is 11.6 Å². The molecule has 19 heavy (non-hydrogen) atoms. The minimum Gasteiger partial charge on any atom is -0.349 e. The van der Waals surface area contributed by atoms with Gasteiger partial charge in [-0.2, -0.15) is 0 Å². The number of anilines is 1. The van der Waals surface area contributed by atoms with Crippen LogP contribution in [0.5, 0.6) is 0 Å². The van der Waals surface area contributed by atoms with Crippen molar-refractivity contribution in [3.05, 3.63) is 29.4 Å². The van der Waals surface area contributed by atoms with Crippen molar-refractivity contribution in [3.8, 4) is 0 Å². The van der Waals surface area contributed by atoms with E-state index in [0.29, 0.717) is 17.2 Å². The Balaban J connectivity index is 2.12. The van der Waals surface area contributed by atoms with Gasteiger partial charge in [0.25, 0.3) is 0 Å². The van der Waals surface area contributed by atoms with Crippen molar-refractivity contribution in [3.63, 3.8) is 0 Å². The first-order chi connectivity index (χ1) is 9.16. The van der Waals surface area contributed by atoms with Crippen LogP contribution in [-0.4, -0.2) is 35.4 Å². The monoisotopic (exact) mass is 276 g/mol. The maximum atomic E-state index is 6.13. The first-order valence-electron chi connectivity index (χ1n) is 6.58. The smallest absolute Gasteiger partial charge is 0.159 e. The van der Waals surface area contributed by atoms with Crippen molar-refractivity contribution >= 4 is 28.2 Å². The molecule has 0 unspecified atom stereocenters. The molecule has 0 saturated carbocycles. The normalized spacial score (nSPS) is 23.8. The molecule has 1 fully saturated rings. The van der Waals surface area contributed by atoms with E-state index in [-0.39, 0.29) is 0 Å². The molecule has 1 aliphatic rings. The summed E-state index contributed by atoms with van der Waals surface area (Å²) in [4.78, 5) is 2.31. The van der Waals surface area contributed by atoms with E-state index >= 15 is 0 Å². The molecule has 0 bridgehead atoms. The van der Waals surface area contributed by atoms with Gasteiger partial charge in [0.15, 0.2) is 11.0 Å². The zero-order valence-corrected chi connectivity index (χ0v) is 11.9. The highest BCUT2D eigenvalue weighted by atomic mass is 35.5. The molecule has 1 aromatic carbocycles. The number of piperazine rings is 1. The zero-order valence-electron chi connectivity index (χ0n) is 11.1. The topological polar surface area (TPSA) is 41.0 Å². The van der Waals surface area contributed by atoms with Crippen LogP contribution in [0.3, 0.4) is 0 Å². The maximum Gasteiger partial charge on any atom is 0.159 e. The minimum atomic E-state index is 0.398. The van der Waals surface area contributed by atoms with Gasteiger partial charge in [0.2, 0.25) is 0 Å². The van der Waals surface area contributed by atoms with Crippen molar-refractivity contribution in [1.29, 1.82) is 0 Å². The molecule has 0 spiro atoms. The highest BCUT2D eigenvalue weighted by molar-refractivity contribution is 6.34. The Hall–Kier alpha value is -1.39. The van der Waals surface area contributed by atoms with Crippen LogP contribution in [0.2, 0.25) is 5.15 Å². The Kier molecular flexibility index (Phi) is 3.29. The quantitative estimate of drug-likeness (QED) is 0.869. The summed E-state index contributed by atoms with van der Waals surface area (Å²) in [6.45, 7) is 6.27. The first-order valence-corrected chi connectivity index (χ1v) is 6.95. The van der Waals surface area contributed by atoms with Gasteiger partial charge < -0.3 is 10.2 Å². The van der Waals surface area contributed by atoms with E-state index in [1.807, 2.05) is 18.2 Å². The average Bonchev–Trinajstić information content (AvgIpc) is 2.43. The van der Waals surface area contributed by atoms with Crippen LogP contribution < -0.4 is 10.2 Å². The fraction of sp³-hybridized carbons (Fsp3) is 0.429.